The zero-order valence-corrected chi connectivity index (χ0v) is 31.3. The molecule has 0 saturated carbocycles. The Hall–Kier alpha value is -3.63. The number of aromatic nitrogens is 2. The van der Waals surface area contributed by atoms with E-state index in [2.05, 4.69) is 78.5 Å². The topological polar surface area (TPSA) is 90.3 Å². The summed E-state index contributed by atoms with van der Waals surface area (Å²) in [5.41, 5.74) is 1.64. The molecule has 1 aliphatic rings. The van der Waals surface area contributed by atoms with Crippen molar-refractivity contribution in [2.24, 2.45) is 5.92 Å². The van der Waals surface area contributed by atoms with Gasteiger partial charge in [-0.1, -0.05) is 107 Å². The van der Waals surface area contributed by atoms with Crippen LogP contribution in [-0.2, 0) is 19.5 Å². The molecule has 5 rings (SSSR count). The van der Waals surface area contributed by atoms with Gasteiger partial charge in [-0.15, -0.1) is 0 Å². The summed E-state index contributed by atoms with van der Waals surface area (Å²) >= 11 is 0. The van der Waals surface area contributed by atoms with Crippen molar-refractivity contribution in [1.82, 2.24) is 18.9 Å². The lowest BCUT2D eigenvalue weighted by atomic mass is 9.77. The average molecular weight is 702 g/mol. The van der Waals surface area contributed by atoms with Gasteiger partial charge in [0, 0.05) is 45.4 Å². The number of nitrogens with one attached hydrogen (secondary N) is 1. The molecule has 50 heavy (non-hydrogen) atoms. The van der Waals surface area contributed by atoms with Gasteiger partial charge >= 0.3 is 5.69 Å². The van der Waals surface area contributed by atoms with Crippen LogP contribution in [0.5, 0.6) is 5.75 Å². The van der Waals surface area contributed by atoms with Crippen LogP contribution < -0.4 is 15.7 Å². The Morgan fingerprint density at radius 3 is 1.84 bits per heavy atom. The fourth-order valence-electron chi connectivity index (χ4n) is 6.81. The van der Waals surface area contributed by atoms with Crippen LogP contribution in [0.3, 0.4) is 0 Å². The first kappa shape index (κ1) is 37.6. The number of hydrogen-bond acceptors (Lipinski definition) is 9. The van der Waals surface area contributed by atoms with E-state index in [9.17, 15) is 4.79 Å². The third-order valence-electron chi connectivity index (χ3n) is 9.63. The largest absolute Gasteiger partial charge is 0.497 e. The van der Waals surface area contributed by atoms with Crippen LogP contribution in [0.2, 0.25) is 0 Å². The van der Waals surface area contributed by atoms with Gasteiger partial charge in [0.2, 0.25) is 0 Å². The highest BCUT2D eigenvalue weighted by Gasteiger charge is 2.45. The van der Waals surface area contributed by atoms with Gasteiger partial charge in [-0.05, 0) is 34.9 Å². The molecule has 2 heterocycles. The van der Waals surface area contributed by atoms with Crippen molar-refractivity contribution in [3.63, 3.8) is 0 Å². The van der Waals surface area contributed by atoms with E-state index in [-0.39, 0.29) is 18.1 Å². The average Bonchev–Trinajstić information content (AvgIpc) is 3.48. The third-order valence-corrected chi connectivity index (χ3v) is 12.1. The Labute approximate surface area is 298 Å². The van der Waals surface area contributed by atoms with Gasteiger partial charge in [-0.25, -0.2) is 14.1 Å². The molecule has 1 N–H and O–H groups in total. The Kier molecular flexibility index (Phi) is 13.2. The number of hydrogen-bond donors (Lipinski definition) is 1. The molecule has 0 spiro atoms. The predicted octanol–water partition coefficient (Wildman–Crippen LogP) is 7.13. The Balaban J connectivity index is 1.46. The van der Waals surface area contributed by atoms with Crippen LogP contribution in [0.15, 0.2) is 102 Å². The lowest BCUT2D eigenvalue weighted by Crippen LogP contribution is -2.40. The summed E-state index contributed by atoms with van der Waals surface area (Å²) in [6, 6.07) is 30.2. The summed E-state index contributed by atoms with van der Waals surface area (Å²) in [7, 11) is 2.37. The summed E-state index contributed by atoms with van der Waals surface area (Å²) in [5, 5.41) is 3.69. The standard InChI is InChI=1S/C39H52N5O5P/c1-8-42(9-2)50(43(10-3)11-4)48-28-34-29(5)36(47-7)37(49-34)44-27-26-35(40-38(44)45)41-39(30-18-14-12-15-19-30,31-20-16-13-17-21-31)32-22-24-33(46-6)25-23-32/h12-27,29,34,36-37H,8-11,28H2,1-7H3,(H,40,41,45)/t29?,34-,36?,37-/m1/s1. The second-order valence-electron chi connectivity index (χ2n) is 12.3. The zero-order chi connectivity index (χ0) is 35.7. The molecule has 10 nitrogen and oxygen atoms in total. The molecule has 2 unspecified atom stereocenters. The molecular weight excluding hydrogens is 649 g/mol. The Morgan fingerprint density at radius 2 is 1.36 bits per heavy atom. The summed E-state index contributed by atoms with van der Waals surface area (Å²) in [6.45, 7) is 14.8. The van der Waals surface area contributed by atoms with Crippen molar-refractivity contribution in [2.45, 2.75) is 58.6 Å². The number of methoxy groups -OCH3 is 2. The van der Waals surface area contributed by atoms with Gasteiger partial charge in [-0.3, -0.25) is 4.57 Å². The van der Waals surface area contributed by atoms with E-state index in [1.165, 1.54) is 4.57 Å². The predicted molar refractivity (Wildman–Crippen MR) is 200 cm³/mol. The molecule has 268 valence electrons. The van der Waals surface area contributed by atoms with Crippen LogP contribution in [0.4, 0.5) is 5.82 Å². The molecule has 4 atom stereocenters. The normalized spacial score (nSPS) is 19.4. The fourth-order valence-corrected chi connectivity index (χ4v) is 8.75. The Bertz CT molecular complexity index is 1620. The molecule has 0 amide bonds. The number of benzene rings is 3. The van der Waals surface area contributed by atoms with E-state index in [1.807, 2.05) is 66.7 Å². The minimum absolute atomic E-state index is 0.0150. The molecular formula is C39H52N5O5P. The lowest BCUT2D eigenvalue weighted by molar-refractivity contribution is -0.0603. The van der Waals surface area contributed by atoms with E-state index < -0.39 is 25.9 Å². The smallest absolute Gasteiger partial charge is 0.351 e. The second-order valence-corrected chi connectivity index (χ2v) is 14.2. The molecule has 1 aliphatic heterocycles. The summed E-state index contributed by atoms with van der Waals surface area (Å²) in [5.74, 6) is 1.17. The van der Waals surface area contributed by atoms with Gasteiger partial charge in [0.1, 0.15) is 23.2 Å². The van der Waals surface area contributed by atoms with Crippen molar-refractivity contribution in [3.05, 3.63) is 124 Å². The van der Waals surface area contributed by atoms with Crippen molar-refractivity contribution in [2.75, 3.05) is 52.3 Å². The molecule has 11 heteroatoms. The first-order valence-electron chi connectivity index (χ1n) is 17.6. The van der Waals surface area contributed by atoms with Crippen LogP contribution in [-0.4, -0.2) is 78.1 Å². The molecule has 0 aliphatic carbocycles. The van der Waals surface area contributed by atoms with Gasteiger partial charge in [0.05, 0.1) is 19.8 Å². The SMILES string of the molecule is CCN(CC)P(OC[C@H]1O[C@@H](n2ccc(NC(c3ccccc3)(c3ccccc3)c3ccc(OC)cc3)nc2=O)C(OC)C1C)N(CC)CC. The maximum atomic E-state index is 13.9. The van der Waals surface area contributed by atoms with E-state index in [1.54, 1.807) is 20.4 Å². The van der Waals surface area contributed by atoms with Crippen LogP contribution in [0, 0.1) is 5.92 Å². The first-order chi connectivity index (χ1) is 24.3. The maximum Gasteiger partial charge on any atom is 0.351 e. The number of rotatable bonds is 17. The quantitative estimate of drug-likeness (QED) is 0.0913. The van der Waals surface area contributed by atoms with E-state index in [0.29, 0.717) is 12.4 Å². The van der Waals surface area contributed by atoms with E-state index in [4.69, 9.17) is 18.7 Å². The molecule has 1 fully saturated rings. The highest BCUT2D eigenvalue weighted by atomic mass is 31.2. The van der Waals surface area contributed by atoms with Crippen LogP contribution in [0.25, 0.3) is 0 Å². The zero-order valence-electron chi connectivity index (χ0n) is 30.4. The second kappa shape index (κ2) is 17.5. The highest BCUT2D eigenvalue weighted by molar-refractivity contribution is 7.47. The molecule has 0 radical (unpaired) electrons. The van der Waals surface area contributed by atoms with Crippen LogP contribution >= 0.6 is 8.45 Å². The lowest BCUT2D eigenvalue weighted by Gasteiger charge is -2.37. The molecule has 1 aromatic heterocycles. The summed E-state index contributed by atoms with van der Waals surface area (Å²) < 4.78 is 30.9. The minimum atomic E-state index is -0.945. The molecule has 0 bridgehead atoms. The molecule has 3 aromatic carbocycles. The Morgan fingerprint density at radius 1 is 0.820 bits per heavy atom. The maximum absolute atomic E-state index is 13.9. The van der Waals surface area contributed by atoms with E-state index in [0.717, 1.165) is 48.6 Å². The molecule has 1 saturated heterocycles. The van der Waals surface area contributed by atoms with Gasteiger partial charge < -0.3 is 24.1 Å². The number of nitrogens with zero attached hydrogens (tertiary/aromatic N) is 4. The van der Waals surface area contributed by atoms with Gasteiger partial charge in [-0.2, -0.15) is 4.98 Å². The monoisotopic (exact) mass is 701 g/mol. The minimum Gasteiger partial charge on any atom is -0.497 e. The number of anilines is 1. The third kappa shape index (κ3) is 7.81. The summed E-state index contributed by atoms with van der Waals surface area (Å²) in [4.78, 5) is 18.5. The van der Waals surface area contributed by atoms with Crippen molar-refractivity contribution >= 4 is 14.3 Å². The fraction of sp³-hybridized carbons (Fsp3) is 0.436. The van der Waals surface area contributed by atoms with Crippen molar-refractivity contribution in [3.8, 4) is 5.75 Å². The van der Waals surface area contributed by atoms with Gasteiger partial charge in [0.25, 0.3) is 0 Å². The number of ether oxygens (including phenoxy) is 3. The first-order valence-corrected chi connectivity index (χ1v) is 18.7. The van der Waals surface area contributed by atoms with Crippen molar-refractivity contribution in [1.29, 1.82) is 0 Å². The van der Waals surface area contributed by atoms with Crippen LogP contribution in [0.1, 0.15) is 57.5 Å². The van der Waals surface area contributed by atoms with Crippen molar-refractivity contribution < 1.29 is 18.7 Å². The van der Waals surface area contributed by atoms with E-state index >= 15 is 0 Å². The molecule has 4 aromatic rings. The van der Waals surface area contributed by atoms with Gasteiger partial charge in [0.15, 0.2) is 14.7 Å². The highest BCUT2D eigenvalue weighted by Crippen LogP contribution is 2.47. The summed E-state index contributed by atoms with van der Waals surface area (Å²) in [6.07, 6.45) is 0.477.